The molecule has 0 radical (unpaired) electrons. The number of thioether (sulfide) groups is 1. The first kappa shape index (κ1) is 31.0. The van der Waals surface area contributed by atoms with Crippen LogP contribution in [0, 0.1) is 17.0 Å². The minimum Gasteiger partial charge on any atom is -0.325 e. The molecule has 3 N–H and O–H groups in total. The minimum absolute atomic E-state index is 0.0530. The van der Waals surface area contributed by atoms with Crippen molar-refractivity contribution in [2.24, 2.45) is 0 Å². The molecule has 0 fully saturated rings. The first-order valence-electron chi connectivity index (χ1n) is 13.1. The number of anilines is 2. The van der Waals surface area contributed by atoms with E-state index in [1.54, 1.807) is 79.7 Å². The number of amides is 3. The number of nitrogens with zero attached hydrogens (tertiary/aromatic N) is 1. The van der Waals surface area contributed by atoms with Gasteiger partial charge in [-0.1, -0.05) is 35.9 Å². The van der Waals surface area contributed by atoms with Crippen molar-refractivity contribution in [2.45, 2.75) is 24.0 Å². The van der Waals surface area contributed by atoms with Crippen LogP contribution in [0.15, 0.2) is 108 Å². The molecule has 3 amide bonds. The van der Waals surface area contributed by atoms with Crippen LogP contribution in [-0.2, 0) is 9.59 Å². The lowest BCUT2D eigenvalue weighted by atomic mass is 10.1. The van der Waals surface area contributed by atoms with Crippen molar-refractivity contribution in [3.8, 4) is 0 Å². The van der Waals surface area contributed by atoms with Crippen molar-refractivity contribution in [1.82, 2.24) is 5.32 Å². The van der Waals surface area contributed by atoms with E-state index in [0.29, 0.717) is 27.5 Å². The molecule has 1 atom stereocenters. The SMILES string of the molecule is Cc1c(Cl)cccc1NC(=O)C(C)Sc1ccc(NC(=O)/C(=C/c2ccc([N+](=O)[O-])cc2)NC(=O)c2ccccc2)cc1. The molecule has 0 saturated heterocycles. The van der Waals surface area contributed by atoms with Crippen LogP contribution in [0.2, 0.25) is 5.02 Å². The molecular formula is C32H27ClN4O5S. The number of carbonyl (C=O) groups is 3. The summed E-state index contributed by atoms with van der Waals surface area (Å²) in [7, 11) is 0. The van der Waals surface area contributed by atoms with Crippen molar-refractivity contribution >= 4 is 64.2 Å². The van der Waals surface area contributed by atoms with Crippen molar-refractivity contribution in [1.29, 1.82) is 0 Å². The molecule has 4 aromatic carbocycles. The Hall–Kier alpha value is -4.93. The molecule has 9 nitrogen and oxygen atoms in total. The Morgan fingerprint density at radius 3 is 2.21 bits per heavy atom. The van der Waals surface area contributed by atoms with Gasteiger partial charge in [0, 0.05) is 39.0 Å². The zero-order valence-electron chi connectivity index (χ0n) is 23.2. The van der Waals surface area contributed by atoms with E-state index >= 15 is 0 Å². The van der Waals surface area contributed by atoms with Crippen LogP contribution < -0.4 is 16.0 Å². The molecular weight excluding hydrogens is 588 g/mol. The Labute approximate surface area is 257 Å². The monoisotopic (exact) mass is 614 g/mol. The summed E-state index contributed by atoms with van der Waals surface area (Å²) in [4.78, 5) is 50.1. The molecule has 11 heteroatoms. The lowest BCUT2D eigenvalue weighted by molar-refractivity contribution is -0.384. The lowest BCUT2D eigenvalue weighted by Gasteiger charge is -2.15. The largest absolute Gasteiger partial charge is 0.325 e. The van der Waals surface area contributed by atoms with Crippen LogP contribution in [0.1, 0.15) is 28.4 Å². The number of hydrogen-bond acceptors (Lipinski definition) is 6. The maximum absolute atomic E-state index is 13.3. The highest BCUT2D eigenvalue weighted by Gasteiger charge is 2.18. The van der Waals surface area contributed by atoms with Gasteiger partial charge in [-0.15, -0.1) is 11.8 Å². The number of benzene rings is 4. The van der Waals surface area contributed by atoms with E-state index < -0.39 is 22.0 Å². The van der Waals surface area contributed by atoms with Crippen LogP contribution in [0.25, 0.3) is 6.08 Å². The highest BCUT2D eigenvalue weighted by molar-refractivity contribution is 8.00. The molecule has 4 rings (SSSR count). The third-order valence-corrected chi connectivity index (χ3v) is 7.78. The topological polar surface area (TPSA) is 130 Å². The van der Waals surface area contributed by atoms with Gasteiger partial charge in [-0.25, -0.2) is 0 Å². The van der Waals surface area contributed by atoms with E-state index in [2.05, 4.69) is 16.0 Å². The fourth-order valence-electron chi connectivity index (χ4n) is 3.85. The fraction of sp³-hybridized carbons (Fsp3) is 0.0938. The summed E-state index contributed by atoms with van der Waals surface area (Å²) < 4.78 is 0. The molecule has 1 unspecified atom stereocenters. The summed E-state index contributed by atoms with van der Waals surface area (Å²) in [5.41, 5.74) is 2.59. The van der Waals surface area contributed by atoms with E-state index in [1.165, 1.54) is 42.1 Å². The summed E-state index contributed by atoms with van der Waals surface area (Å²) in [5, 5.41) is 19.5. The van der Waals surface area contributed by atoms with Gasteiger partial charge in [-0.05, 0) is 91.7 Å². The van der Waals surface area contributed by atoms with E-state index in [4.69, 9.17) is 11.6 Å². The zero-order chi connectivity index (χ0) is 30.9. The summed E-state index contributed by atoms with van der Waals surface area (Å²) in [5.74, 6) is -1.26. The maximum Gasteiger partial charge on any atom is 0.272 e. The first-order chi connectivity index (χ1) is 20.6. The smallest absolute Gasteiger partial charge is 0.272 e. The number of rotatable bonds is 10. The molecule has 0 heterocycles. The van der Waals surface area contributed by atoms with E-state index in [1.807, 2.05) is 6.92 Å². The van der Waals surface area contributed by atoms with Gasteiger partial charge in [-0.3, -0.25) is 24.5 Å². The van der Waals surface area contributed by atoms with Gasteiger partial charge in [-0.2, -0.15) is 0 Å². The number of nitro groups is 1. The molecule has 218 valence electrons. The summed E-state index contributed by atoms with van der Waals surface area (Å²) in [6.45, 7) is 3.63. The predicted octanol–water partition coefficient (Wildman–Crippen LogP) is 7.09. The fourth-order valence-corrected chi connectivity index (χ4v) is 4.89. The van der Waals surface area contributed by atoms with Gasteiger partial charge < -0.3 is 16.0 Å². The van der Waals surface area contributed by atoms with Crippen LogP contribution in [0.4, 0.5) is 17.1 Å². The predicted molar refractivity (Wildman–Crippen MR) is 170 cm³/mol. The lowest BCUT2D eigenvalue weighted by Crippen LogP contribution is -2.30. The molecule has 0 aliphatic rings. The highest BCUT2D eigenvalue weighted by Crippen LogP contribution is 2.28. The van der Waals surface area contributed by atoms with Crippen molar-refractivity contribution < 1.29 is 19.3 Å². The van der Waals surface area contributed by atoms with Crippen LogP contribution in [0.5, 0.6) is 0 Å². The van der Waals surface area contributed by atoms with Gasteiger partial charge in [0.1, 0.15) is 5.70 Å². The van der Waals surface area contributed by atoms with Crippen molar-refractivity contribution in [3.63, 3.8) is 0 Å². The van der Waals surface area contributed by atoms with E-state index in [9.17, 15) is 24.5 Å². The quantitative estimate of drug-likeness (QED) is 0.0757. The van der Waals surface area contributed by atoms with Gasteiger partial charge >= 0.3 is 0 Å². The Balaban J connectivity index is 1.45. The normalized spacial score (nSPS) is 11.7. The third kappa shape index (κ3) is 8.54. The van der Waals surface area contributed by atoms with Crippen LogP contribution >= 0.6 is 23.4 Å². The summed E-state index contributed by atoms with van der Waals surface area (Å²) in [6, 6.07) is 26.3. The molecule has 0 spiro atoms. The Bertz CT molecular complexity index is 1680. The molecule has 0 bridgehead atoms. The number of nitrogens with one attached hydrogen (secondary N) is 3. The third-order valence-electron chi connectivity index (χ3n) is 6.26. The van der Waals surface area contributed by atoms with Gasteiger partial charge in [0.05, 0.1) is 10.2 Å². The average molecular weight is 615 g/mol. The second-order valence-corrected chi connectivity index (χ2v) is 11.2. The van der Waals surface area contributed by atoms with E-state index in [0.717, 1.165) is 10.5 Å². The number of carbonyl (C=O) groups excluding carboxylic acids is 3. The Morgan fingerprint density at radius 1 is 0.884 bits per heavy atom. The number of halogens is 1. The van der Waals surface area contributed by atoms with Crippen LogP contribution in [-0.4, -0.2) is 27.9 Å². The second-order valence-electron chi connectivity index (χ2n) is 9.37. The molecule has 0 aromatic heterocycles. The minimum atomic E-state index is -0.590. The molecule has 43 heavy (non-hydrogen) atoms. The molecule has 0 aliphatic heterocycles. The van der Waals surface area contributed by atoms with Crippen LogP contribution in [0.3, 0.4) is 0 Å². The van der Waals surface area contributed by atoms with Crippen molar-refractivity contribution in [2.75, 3.05) is 10.6 Å². The summed E-state index contributed by atoms with van der Waals surface area (Å²) in [6.07, 6.45) is 1.44. The van der Waals surface area contributed by atoms with Crippen molar-refractivity contribution in [3.05, 3.63) is 135 Å². The Morgan fingerprint density at radius 2 is 1.56 bits per heavy atom. The molecule has 4 aromatic rings. The Kier molecular flexibility index (Phi) is 10.3. The number of nitro benzene ring substituents is 1. The van der Waals surface area contributed by atoms with Gasteiger partial charge in [0.2, 0.25) is 5.91 Å². The molecule has 0 aliphatic carbocycles. The number of non-ortho nitro benzene ring substituents is 1. The maximum atomic E-state index is 13.3. The van der Waals surface area contributed by atoms with Gasteiger partial charge in [0.25, 0.3) is 17.5 Å². The zero-order valence-corrected chi connectivity index (χ0v) is 24.7. The molecule has 0 saturated carbocycles. The first-order valence-corrected chi connectivity index (χ1v) is 14.3. The average Bonchev–Trinajstić information content (AvgIpc) is 3.00. The van der Waals surface area contributed by atoms with Gasteiger partial charge in [0.15, 0.2) is 0 Å². The standard InChI is InChI=1S/C32H27ClN4O5S/c1-20-27(33)9-6-10-28(20)35-30(38)21(2)43-26-17-13-24(14-18-26)34-32(40)29(36-31(39)23-7-4-3-5-8-23)19-22-11-15-25(16-12-22)37(41)42/h3-19,21H,1-2H3,(H,34,40)(H,35,38)(H,36,39)/b29-19-. The highest BCUT2D eigenvalue weighted by atomic mass is 35.5. The summed E-state index contributed by atoms with van der Waals surface area (Å²) >= 11 is 7.51. The second kappa shape index (κ2) is 14.3. The number of hydrogen-bond donors (Lipinski definition) is 3. The van der Waals surface area contributed by atoms with E-state index in [-0.39, 0.29) is 17.3 Å².